The van der Waals surface area contributed by atoms with Crippen LogP contribution in [-0.2, 0) is 14.0 Å². The molecular formula is C26H35NO5Si. The van der Waals surface area contributed by atoms with Gasteiger partial charge < -0.3 is 14.3 Å². The molecule has 2 aromatic rings. The molecule has 1 fully saturated rings. The number of carboxylic acids is 1. The van der Waals surface area contributed by atoms with Crippen LogP contribution in [0.5, 0.6) is 0 Å². The second kappa shape index (κ2) is 9.31. The summed E-state index contributed by atoms with van der Waals surface area (Å²) in [7, 11) is -2.86. The quantitative estimate of drug-likeness (QED) is 0.669. The van der Waals surface area contributed by atoms with Gasteiger partial charge in [0.1, 0.15) is 11.6 Å². The lowest BCUT2D eigenvalue weighted by molar-refractivity contribution is -0.142. The van der Waals surface area contributed by atoms with E-state index in [2.05, 4.69) is 45.0 Å². The average molecular weight is 470 g/mol. The molecule has 2 atom stereocenters. The van der Waals surface area contributed by atoms with Crippen molar-refractivity contribution in [1.82, 2.24) is 4.90 Å². The topological polar surface area (TPSA) is 76.1 Å². The maximum atomic E-state index is 12.8. The number of benzene rings is 2. The summed E-state index contributed by atoms with van der Waals surface area (Å²) in [5.74, 6) is -1.05. The summed E-state index contributed by atoms with van der Waals surface area (Å²) < 4.78 is 12.5. The highest BCUT2D eigenvalue weighted by atomic mass is 28.4. The standard InChI is InChI=1S/C26H35NO5Si/c1-25(2,3)31-24(30)27-18-19(17-22(27)23(28)29)32-33(26(4,5)6,20-13-9-7-10-14-20)21-15-11-8-12-16-21/h7-16,19,22H,17-18H2,1-6H3,(H,28,29)/t19-,22-/m1/s1. The van der Waals surface area contributed by atoms with E-state index in [1.807, 2.05) is 36.4 Å². The number of hydrogen-bond acceptors (Lipinski definition) is 4. The first kappa shape index (κ1) is 25.0. The van der Waals surface area contributed by atoms with Crippen molar-refractivity contribution in [3.8, 4) is 0 Å². The number of likely N-dealkylation sites (tertiary alicyclic amines) is 1. The molecule has 1 N–H and O–H groups in total. The predicted molar refractivity (Wildman–Crippen MR) is 131 cm³/mol. The van der Waals surface area contributed by atoms with Crippen molar-refractivity contribution >= 4 is 30.8 Å². The Morgan fingerprint density at radius 3 is 1.79 bits per heavy atom. The van der Waals surface area contributed by atoms with Crippen LogP contribution in [0.25, 0.3) is 0 Å². The van der Waals surface area contributed by atoms with Crippen molar-refractivity contribution in [2.24, 2.45) is 0 Å². The maximum Gasteiger partial charge on any atom is 0.411 e. The molecule has 0 aliphatic carbocycles. The molecule has 0 bridgehead atoms. The molecule has 0 radical (unpaired) electrons. The Morgan fingerprint density at radius 1 is 0.909 bits per heavy atom. The second-order valence-electron chi connectivity index (χ2n) is 10.6. The summed E-state index contributed by atoms with van der Waals surface area (Å²) in [5, 5.41) is 11.8. The number of nitrogens with zero attached hydrogens (tertiary/aromatic N) is 1. The fourth-order valence-corrected chi connectivity index (χ4v) is 9.27. The predicted octanol–water partition coefficient (Wildman–Crippen LogP) is 4.03. The number of rotatable bonds is 5. The number of carbonyl (C=O) groups is 2. The minimum Gasteiger partial charge on any atom is -0.480 e. The Balaban J connectivity index is 2.03. The summed E-state index contributed by atoms with van der Waals surface area (Å²) in [5.41, 5.74) is -0.711. The van der Waals surface area contributed by atoms with Gasteiger partial charge in [0.15, 0.2) is 0 Å². The molecule has 1 amide bonds. The van der Waals surface area contributed by atoms with E-state index in [0.29, 0.717) is 0 Å². The van der Waals surface area contributed by atoms with Crippen LogP contribution in [0.15, 0.2) is 60.7 Å². The van der Waals surface area contributed by atoms with Crippen molar-refractivity contribution in [2.45, 2.75) is 70.7 Å². The van der Waals surface area contributed by atoms with Gasteiger partial charge >= 0.3 is 12.1 Å². The Kier molecular flexibility index (Phi) is 7.05. The van der Waals surface area contributed by atoms with Crippen LogP contribution in [0.1, 0.15) is 48.0 Å². The Bertz CT molecular complexity index is 926. The van der Waals surface area contributed by atoms with Crippen molar-refractivity contribution in [1.29, 1.82) is 0 Å². The third-order valence-corrected chi connectivity index (χ3v) is 11.0. The zero-order chi connectivity index (χ0) is 24.4. The number of hydrogen-bond donors (Lipinski definition) is 1. The lowest BCUT2D eigenvalue weighted by atomic mass is 10.2. The number of amides is 1. The lowest BCUT2D eigenvalue weighted by Crippen LogP contribution is -2.67. The molecule has 2 aromatic carbocycles. The highest BCUT2D eigenvalue weighted by molar-refractivity contribution is 6.99. The van der Waals surface area contributed by atoms with Gasteiger partial charge in [0.2, 0.25) is 0 Å². The molecule has 178 valence electrons. The molecular weight excluding hydrogens is 434 g/mol. The molecule has 7 heteroatoms. The van der Waals surface area contributed by atoms with Gasteiger partial charge in [-0.25, -0.2) is 9.59 Å². The third kappa shape index (κ3) is 5.30. The van der Waals surface area contributed by atoms with E-state index in [-0.39, 0.29) is 18.0 Å². The minimum absolute atomic E-state index is 0.177. The second-order valence-corrected chi connectivity index (χ2v) is 14.9. The SMILES string of the molecule is CC(C)(C)OC(=O)N1C[C@H](O[Si](c2ccccc2)(c2ccccc2)C(C)(C)C)C[C@@H]1C(=O)O. The summed E-state index contributed by atoms with van der Waals surface area (Å²) in [4.78, 5) is 26.2. The van der Waals surface area contributed by atoms with Crippen LogP contribution in [0, 0.1) is 0 Å². The van der Waals surface area contributed by atoms with Gasteiger partial charge in [-0.15, -0.1) is 0 Å². The zero-order valence-electron chi connectivity index (χ0n) is 20.4. The van der Waals surface area contributed by atoms with Gasteiger partial charge in [-0.05, 0) is 36.2 Å². The van der Waals surface area contributed by atoms with Crippen LogP contribution in [0.3, 0.4) is 0 Å². The molecule has 3 rings (SSSR count). The first-order chi connectivity index (χ1) is 15.3. The van der Waals surface area contributed by atoms with E-state index in [0.717, 1.165) is 10.4 Å². The molecule has 1 saturated heterocycles. The lowest BCUT2D eigenvalue weighted by Gasteiger charge is -2.44. The van der Waals surface area contributed by atoms with Crippen molar-refractivity contribution in [3.63, 3.8) is 0 Å². The van der Waals surface area contributed by atoms with Crippen molar-refractivity contribution in [3.05, 3.63) is 60.7 Å². The monoisotopic (exact) mass is 469 g/mol. The van der Waals surface area contributed by atoms with Gasteiger partial charge in [0.05, 0.1) is 6.10 Å². The highest BCUT2D eigenvalue weighted by Crippen LogP contribution is 2.39. The average Bonchev–Trinajstić information content (AvgIpc) is 3.16. The van der Waals surface area contributed by atoms with E-state index >= 15 is 0 Å². The third-order valence-electron chi connectivity index (χ3n) is 5.94. The zero-order valence-corrected chi connectivity index (χ0v) is 21.4. The summed E-state index contributed by atoms with van der Waals surface area (Å²) in [6.07, 6.45) is -0.827. The van der Waals surface area contributed by atoms with E-state index < -0.39 is 38.1 Å². The van der Waals surface area contributed by atoms with Crippen LogP contribution in [0.2, 0.25) is 5.04 Å². The van der Waals surface area contributed by atoms with E-state index in [1.54, 1.807) is 20.8 Å². The first-order valence-corrected chi connectivity index (χ1v) is 13.3. The van der Waals surface area contributed by atoms with Gasteiger partial charge in [-0.2, -0.15) is 0 Å². The normalized spacial score (nSPS) is 19.4. The fraction of sp³-hybridized carbons (Fsp3) is 0.462. The van der Waals surface area contributed by atoms with E-state index in [4.69, 9.17) is 9.16 Å². The van der Waals surface area contributed by atoms with E-state index in [1.165, 1.54) is 4.90 Å². The van der Waals surface area contributed by atoms with Gasteiger partial charge in [0, 0.05) is 13.0 Å². The van der Waals surface area contributed by atoms with Crippen LogP contribution < -0.4 is 10.4 Å². The number of ether oxygens (including phenoxy) is 1. The molecule has 1 aliphatic heterocycles. The van der Waals surface area contributed by atoms with Gasteiger partial charge in [-0.1, -0.05) is 81.4 Å². The summed E-state index contributed by atoms with van der Waals surface area (Å²) in [6.45, 7) is 12.0. The first-order valence-electron chi connectivity index (χ1n) is 11.4. The number of aliphatic carboxylic acids is 1. The van der Waals surface area contributed by atoms with Crippen LogP contribution >= 0.6 is 0 Å². The van der Waals surface area contributed by atoms with Crippen molar-refractivity contribution < 1.29 is 23.9 Å². The molecule has 1 aliphatic rings. The molecule has 0 aromatic heterocycles. The Labute approximate surface area is 197 Å². The molecule has 0 unspecified atom stereocenters. The van der Waals surface area contributed by atoms with Gasteiger partial charge in [0.25, 0.3) is 8.32 Å². The smallest absolute Gasteiger partial charge is 0.411 e. The summed E-state index contributed by atoms with van der Waals surface area (Å²) in [6, 6.07) is 19.4. The Hall–Kier alpha value is -2.64. The van der Waals surface area contributed by atoms with E-state index in [9.17, 15) is 14.7 Å². The molecule has 6 nitrogen and oxygen atoms in total. The minimum atomic E-state index is -2.86. The summed E-state index contributed by atoms with van der Waals surface area (Å²) >= 11 is 0. The Morgan fingerprint density at radius 2 is 1.39 bits per heavy atom. The maximum absolute atomic E-state index is 12.8. The molecule has 0 spiro atoms. The highest BCUT2D eigenvalue weighted by Gasteiger charge is 2.53. The van der Waals surface area contributed by atoms with Gasteiger partial charge in [-0.3, -0.25) is 4.90 Å². The number of carbonyl (C=O) groups excluding carboxylic acids is 1. The molecule has 33 heavy (non-hydrogen) atoms. The van der Waals surface area contributed by atoms with Crippen molar-refractivity contribution in [2.75, 3.05) is 6.54 Å². The fourth-order valence-electron chi connectivity index (χ4n) is 4.58. The van der Waals surface area contributed by atoms with Crippen LogP contribution in [0.4, 0.5) is 4.79 Å². The number of carboxylic acid groups (broad SMARTS) is 1. The molecule has 1 heterocycles. The molecule has 0 saturated carbocycles. The van der Waals surface area contributed by atoms with Crippen LogP contribution in [-0.4, -0.2) is 54.7 Å². The largest absolute Gasteiger partial charge is 0.480 e.